The molecule has 22 heavy (non-hydrogen) atoms. The number of nitrogens with zero attached hydrogens (tertiary/aromatic N) is 2. The van der Waals surface area contributed by atoms with E-state index in [2.05, 4.69) is 9.82 Å². The summed E-state index contributed by atoms with van der Waals surface area (Å²) in [7, 11) is -3.68. The molecule has 0 spiro atoms. The minimum Gasteiger partial charge on any atom is -0.508 e. The molecular weight excluding hydrogens is 302 g/mol. The van der Waals surface area contributed by atoms with Crippen molar-refractivity contribution in [2.45, 2.75) is 43.5 Å². The molecule has 2 aromatic rings. The number of aryl methyl sites for hydroxylation is 1. The van der Waals surface area contributed by atoms with Gasteiger partial charge < -0.3 is 5.11 Å². The van der Waals surface area contributed by atoms with Gasteiger partial charge in [0.15, 0.2) is 0 Å². The van der Waals surface area contributed by atoms with E-state index in [0.717, 1.165) is 25.7 Å². The number of aromatic hydroxyl groups is 1. The molecule has 1 aliphatic carbocycles. The van der Waals surface area contributed by atoms with Crippen molar-refractivity contribution in [1.82, 2.24) is 9.78 Å². The van der Waals surface area contributed by atoms with Crippen LogP contribution in [0.2, 0.25) is 0 Å². The maximum absolute atomic E-state index is 12.5. The Labute approximate surface area is 129 Å². The first kappa shape index (κ1) is 14.9. The van der Waals surface area contributed by atoms with E-state index in [4.69, 9.17) is 0 Å². The Morgan fingerprint density at radius 1 is 1.23 bits per heavy atom. The van der Waals surface area contributed by atoms with Crippen molar-refractivity contribution in [2.24, 2.45) is 0 Å². The SMILES string of the molecule is Cc1nn(C2CCCC2)cc1S(=O)(=O)Nc1ccc(O)cc1. The molecule has 118 valence electrons. The fourth-order valence-electron chi connectivity index (χ4n) is 2.82. The van der Waals surface area contributed by atoms with Gasteiger partial charge in [0.25, 0.3) is 10.0 Å². The molecule has 2 N–H and O–H groups in total. The van der Waals surface area contributed by atoms with E-state index in [1.165, 1.54) is 24.3 Å². The van der Waals surface area contributed by atoms with Crippen LogP contribution < -0.4 is 4.72 Å². The van der Waals surface area contributed by atoms with Gasteiger partial charge in [0.05, 0.1) is 11.7 Å². The minimum atomic E-state index is -3.68. The first-order valence-corrected chi connectivity index (χ1v) is 8.81. The Morgan fingerprint density at radius 3 is 2.50 bits per heavy atom. The van der Waals surface area contributed by atoms with Gasteiger partial charge in [-0.15, -0.1) is 0 Å². The molecule has 0 unspecified atom stereocenters. The zero-order valence-electron chi connectivity index (χ0n) is 12.4. The van der Waals surface area contributed by atoms with Crippen LogP contribution in [0.5, 0.6) is 5.75 Å². The summed E-state index contributed by atoms with van der Waals surface area (Å²) in [5.41, 5.74) is 0.906. The van der Waals surface area contributed by atoms with Gasteiger partial charge in [-0.2, -0.15) is 5.10 Å². The highest BCUT2D eigenvalue weighted by Crippen LogP contribution is 2.30. The highest BCUT2D eigenvalue weighted by Gasteiger charge is 2.24. The van der Waals surface area contributed by atoms with Crippen LogP contribution in [0, 0.1) is 6.92 Å². The largest absolute Gasteiger partial charge is 0.508 e. The predicted molar refractivity (Wildman–Crippen MR) is 83.4 cm³/mol. The van der Waals surface area contributed by atoms with Crippen LogP contribution in [-0.2, 0) is 10.0 Å². The maximum Gasteiger partial charge on any atom is 0.265 e. The number of aromatic nitrogens is 2. The third-order valence-electron chi connectivity index (χ3n) is 3.98. The predicted octanol–water partition coefficient (Wildman–Crippen LogP) is 2.81. The summed E-state index contributed by atoms with van der Waals surface area (Å²) in [6, 6.07) is 6.21. The topological polar surface area (TPSA) is 84.2 Å². The lowest BCUT2D eigenvalue weighted by Crippen LogP contribution is -2.13. The van der Waals surface area contributed by atoms with Crippen molar-refractivity contribution in [3.8, 4) is 5.75 Å². The lowest BCUT2D eigenvalue weighted by atomic mass is 10.3. The van der Waals surface area contributed by atoms with E-state index in [1.807, 2.05) is 0 Å². The van der Waals surface area contributed by atoms with Gasteiger partial charge in [0, 0.05) is 11.9 Å². The summed E-state index contributed by atoms with van der Waals surface area (Å²) < 4.78 is 29.3. The highest BCUT2D eigenvalue weighted by molar-refractivity contribution is 7.92. The van der Waals surface area contributed by atoms with Gasteiger partial charge in [-0.1, -0.05) is 12.8 Å². The third kappa shape index (κ3) is 2.94. The summed E-state index contributed by atoms with van der Waals surface area (Å²) in [6.07, 6.45) is 6.04. The number of sulfonamides is 1. The van der Waals surface area contributed by atoms with Crippen molar-refractivity contribution < 1.29 is 13.5 Å². The number of hydrogen-bond acceptors (Lipinski definition) is 4. The van der Waals surface area contributed by atoms with Crippen molar-refractivity contribution in [2.75, 3.05) is 4.72 Å². The first-order valence-electron chi connectivity index (χ1n) is 7.33. The van der Waals surface area contributed by atoms with Crippen LogP contribution in [0.15, 0.2) is 35.4 Å². The smallest absolute Gasteiger partial charge is 0.265 e. The van der Waals surface area contributed by atoms with Crippen LogP contribution in [-0.4, -0.2) is 23.3 Å². The molecular formula is C15H19N3O3S. The lowest BCUT2D eigenvalue weighted by molar-refractivity contribution is 0.464. The molecule has 0 atom stereocenters. The zero-order chi connectivity index (χ0) is 15.7. The molecule has 1 heterocycles. The Kier molecular flexibility index (Phi) is 3.82. The Balaban J connectivity index is 1.86. The van der Waals surface area contributed by atoms with Crippen LogP contribution in [0.1, 0.15) is 37.4 Å². The number of hydrogen-bond donors (Lipinski definition) is 2. The first-order chi connectivity index (χ1) is 10.5. The fourth-order valence-corrected chi connectivity index (χ4v) is 4.06. The quantitative estimate of drug-likeness (QED) is 0.848. The van der Waals surface area contributed by atoms with Crippen LogP contribution in [0.25, 0.3) is 0 Å². The number of rotatable bonds is 4. The van der Waals surface area contributed by atoms with Crippen molar-refractivity contribution in [1.29, 1.82) is 0 Å². The maximum atomic E-state index is 12.5. The van der Waals surface area contributed by atoms with E-state index < -0.39 is 10.0 Å². The van der Waals surface area contributed by atoms with Crippen LogP contribution >= 0.6 is 0 Å². The van der Waals surface area contributed by atoms with Gasteiger partial charge in [-0.25, -0.2) is 8.42 Å². The van der Waals surface area contributed by atoms with Crippen molar-refractivity contribution >= 4 is 15.7 Å². The molecule has 1 fully saturated rings. The normalized spacial score (nSPS) is 16.0. The Bertz CT molecular complexity index is 760. The summed E-state index contributed by atoms with van der Waals surface area (Å²) in [4.78, 5) is 0.201. The summed E-state index contributed by atoms with van der Waals surface area (Å²) in [5.74, 6) is 0.0909. The second-order valence-electron chi connectivity index (χ2n) is 5.65. The number of nitrogens with one attached hydrogen (secondary N) is 1. The number of phenolic OH excluding ortho intramolecular Hbond substituents is 1. The van der Waals surface area contributed by atoms with E-state index in [-0.39, 0.29) is 10.6 Å². The van der Waals surface area contributed by atoms with Crippen molar-refractivity contribution in [3.63, 3.8) is 0 Å². The molecule has 1 aromatic heterocycles. The lowest BCUT2D eigenvalue weighted by Gasteiger charge is -2.09. The standard InChI is InChI=1S/C15H19N3O3S/c1-11-15(10-18(16-11)13-4-2-3-5-13)22(20,21)17-12-6-8-14(19)9-7-12/h6-10,13,17,19H,2-5H2,1H3. The molecule has 0 aliphatic heterocycles. The molecule has 0 amide bonds. The van der Waals surface area contributed by atoms with Gasteiger partial charge in [0.2, 0.25) is 0 Å². The van der Waals surface area contributed by atoms with Gasteiger partial charge >= 0.3 is 0 Å². The average molecular weight is 321 g/mol. The monoisotopic (exact) mass is 321 g/mol. The number of anilines is 1. The van der Waals surface area contributed by atoms with Gasteiger partial charge in [-0.3, -0.25) is 9.40 Å². The second kappa shape index (κ2) is 5.64. The Morgan fingerprint density at radius 2 is 1.86 bits per heavy atom. The molecule has 6 nitrogen and oxygen atoms in total. The molecule has 0 radical (unpaired) electrons. The summed E-state index contributed by atoms with van der Waals surface area (Å²) >= 11 is 0. The molecule has 7 heteroatoms. The van der Waals surface area contributed by atoms with E-state index in [9.17, 15) is 13.5 Å². The van der Waals surface area contributed by atoms with E-state index in [1.54, 1.807) is 17.8 Å². The fraction of sp³-hybridized carbons (Fsp3) is 0.400. The van der Waals surface area contributed by atoms with Crippen LogP contribution in [0.3, 0.4) is 0 Å². The summed E-state index contributed by atoms with van der Waals surface area (Å²) in [6.45, 7) is 1.71. The second-order valence-corrected chi connectivity index (χ2v) is 7.30. The third-order valence-corrected chi connectivity index (χ3v) is 5.46. The van der Waals surface area contributed by atoms with Crippen molar-refractivity contribution in [3.05, 3.63) is 36.2 Å². The number of benzene rings is 1. The Hall–Kier alpha value is -2.02. The average Bonchev–Trinajstić information content (AvgIpc) is 3.10. The van der Waals surface area contributed by atoms with E-state index >= 15 is 0 Å². The summed E-state index contributed by atoms with van der Waals surface area (Å²) in [5, 5.41) is 13.6. The molecule has 3 rings (SSSR count). The van der Waals surface area contributed by atoms with E-state index in [0.29, 0.717) is 17.4 Å². The molecule has 0 bridgehead atoms. The molecule has 1 aromatic carbocycles. The number of phenols is 1. The zero-order valence-corrected chi connectivity index (χ0v) is 13.2. The van der Waals surface area contributed by atoms with Gasteiger partial charge in [-0.05, 0) is 44.0 Å². The highest BCUT2D eigenvalue weighted by atomic mass is 32.2. The van der Waals surface area contributed by atoms with Gasteiger partial charge in [0.1, 0.15) is 10.6 Å². The molecule has 0 saturated heterocycles. The molecule has 1 saturated carbocycles. The van der Waals surface area contributed by atoms with Crippen LogP contribution in [0.4, 0.5) is 5.69 Å². The molecule has 1 aliphatic rings. The minimum absolute atomic E-state index is 0.0909.